The second-order valence-corrected chi connectivity index (χ2v) is 2.72. The SMILES string of the molecule is NCc1c(Cl)cccc1C(F)F. The molecule has 0 spiro atoms. The van der Waals surface area contributed by atoms with Crippen LogP contribution in [0.1, 0.15) is 17.6 Å². The van der Waals surface area contributed by atoms with E-state index >= 15 is 0 Å². The Bertz CT molecular complexity index is 276. The summed E-state index contributed by atoms with van der Waals surface area (Å²) in [6.07, 6.45) is -2.51. The van der Waals surface area contributed by atoms with Gasteiger partial charge in [0.2, 0.25) is 0 Å². The predicted octanol–water partition coefficient (Wildman–Crippen LogP) is 2.74. The lowest BCUT2D eigenvalue weighted by Crippen LogP contribution is -2.02. The van der Waals surface area contributed by atoms with Gasteiger partial charge in [0.05, 0.1) is 0 Å². The van der Waals surface area contributed by atoms with E-state index in [4.69, 9.17) is 17.3 Å². The van der Waals surface area contributed by atoms with Gasteiger partial charge in [-0.1, -0.05) is 23.7 Å². The van der Waals surface area contributed by atoms with Crippen LogP contribution in [0.3, 0.4) is 0 Å². The molecule has 0 fully saturated rings. The van der Waals surface area contributed by atoms with E-state index in [1.165, 1.54) is 12.1 Å². The summed E-state index contributed by atoms with van der Waals surface area (Å²) in [5, 5.41) is 0.301. The van der Waals surface area contributed by atoms with E-state index in [2.05, 4.69) is 0 Å². The van der Waals surface area contributed by atoms with Crippen LogP contribution >= 0.6 is 11.6 Å². The highest BCUT2D eigenvalue weighted by molar-refractivity contribution is 6.31. The van der Waals surface area contributed by atoms with Crippen molar-refractivity contribution < 1.29 is 8.78 Å². The average molecular weight is 192 g/mol. The van der Waals surface area contributed by atoms with Gasteiger partial charge in [0.15, 0.2) is 0 Å². The Labute approximate surface area is 74.1 Å². The van der Waals surface area contributed by atoms with Gasteiger partial charge in [-0.3, -0.25) is 0 Å². The van der Waals surface area contributed by atoms with Crippen LogP contribution in [0.2, 0.25) is 5.02 Å². The zero-order valence-corrected chi connectivity index (χ0v) is 6.98. The first kappa shape index (κ1) is 9.42. The van der Waals surface area contributed by atoms with E-state index in [-0.39, 0.29) is 12.1 Å². The second-order valence-electron chi connectivity index (χ2n) is 2.31. The quantitative estimate of drug-likeness (QED) is 0.764. The molecule has 0 aliphatic carbocycles. The van der Waals surface area contributed by atoms with Crippen molar-refractivity contribution in [3.05, 3.63) is 34.3 Å². The van der Waals surface area contributed by atoms with Crippen LogP contribution in [0.15, 0.2) is 18.2 Å². The summed E-state index contributed by atoms with van der Waals surface area (Å²) in [5.74, 6) is 0. The fourth-order valence-corrected chi connectivity index (χ4v) is 1.25. The van der Waals surface area contributed by atoms with Crippen LogP contribution in [0.25, 0.3) is 0 Å². The van der Waals surface area contributed by atoms with Crippen LogP contribution in [-0.4, -0.2) is 0 Å². The van der Waals surface area contributed by atoms with Crippen molar-refractivity contribution in [3.8, 4) is 0 Å². The molecule has 0 amide bonds. The zero-order valence-electron chi connectivity index (χ0n) is 6.23. The van der Waals surface area contributed by atoms with E-state index in [0.29, 0.717) is 10.6 Å². The number of hydrogen-bond acceptors (Lipinski definition) is 1. The number of halogens is 3. The highest BCUT2D eigenvalue weighted by Gasteiger charge is 2.13. The Kier molecular flexibility index (Phi) is 3.00. The maximum absolute atomic E-state index is 12.3. The molecule has 0 bridgehead atoms. The summed E-state index contributed by atoms with van der Waals surface area (Å²) < 4.78 is 24.6. The Hall–Kier alpha value is -0.670. The van der Waals surface area contributed by atoms with Gasteiger partial charge >= 0.3 is 0 Å². The lowest BCUT2D eigenvalue weighted by molar-refractivity contribution is 0.150. The molecule has 4 heteroatoms. The molecule has 2 N–H and O–H groups in total. The smallest absolute Gasteiger partial charge is 0.264 e. The summed E-state index contributed by atoms with van der Waals surface area (Å²) in [6.45, 7) is 0.0410. The molecule has 0 aliphatic heterocycles. The molecule has 1 nitrogen and oxygen atoms in total. The fourth-order valence-electron chi connectivity index (χ4n) is 0.995. The number of hydrogen-bond donors (Lipinski definition) is 1. The molecule has 0 saturated heterocycles. The monoisotopic (exact) mass is 191 g/mol. The van der Waals surface area contributed by atoms with Gasteiger partial charge in [-0.15, -0.1) is 0 Å². The first-order valence-corrected chi connectivity index (χ1v) is 3.80. The van der Waals surface area contributed by atoms with Crippen molar-refractivity contribution in [2.24, 2.45) is 5.73 Å². The van der Waals surface area contributed by atoms with Crippen molar-refractivity contribution >= 4 is 11.6 Å². The molecule has 0 unspecified atom stereocenters. The maximum atomic E-state index is 12.3. The molecular weight excluding hydrogens is 184 g/mol. The minimum absolute atomic E-state index is 0.0410. The van der Waals surface area contributed by atoms with Crippen LogP contribution in [0.5, 0.6) is 0 Å². The topological polar surface area (TPSA) is 26.0 Å². The summed E-state index contributed by atoms with van der Waals surface area (Å²) in [7, 11) is 0. The summed E-state index contributed by atoms with van der Waals surface area (Å²) in [6, 6.07) is 4.37. The van der Waals surface area contributed by atoms with E-state index in [0.717, 1.165) is 0 Å². The third-order valence-corrected chi connectivity index (χ3v) is 1.95. The number of nitrogens with two attached hydrogens (primary N) is 1. The molecular formula is C8H8ClF2N. The van der Waals surface area contributed by atoms with Crippen LogP contribution < -0.4 is 5.73 Å². The molecule has 0 aliphatic rings. The van der Waals surface area contributed by atoms with Gasteiger partial charge in [0, 0.05) is 17.1 Å². The molecule has 0 heterocycles. The number of benzene rings is 1. The van der Waals surface area contributed by atoms with E-state index < -0.39 is 6.43 Å². The Morgan fingerprint density at radius 2 is 2.08 bits per heavy atom. The molecule has 66 valence electrons. The highest BCUT2D eigenvalue weighted by Crippen LogP contribution is 2.27. The minimum Gasteiger partial charge on any atom is -0.326 e. The van der Waals surface area contributed by atoms with E-state index in [1.807, 2.05) is 0 Å². The third-order valence-electron chi connectivity index (χ3n) is 1.59. The largest absolute Gasteiger partial charge is 0.326 e. The van der Waals surface area contributed by atoms with E-state index in [1.54, 1.807) is 6.07 Å². The molecule has 1 aromatic rings. The van der Waals surface area contributed by atoms with Gasteiger partial charge < -0.3 is 5.73 Å². The summed E-state index contributed by atoms with van der Waals surface area (Å²) >= 11 is 5.66. The van der Waals surface area contributed by atoms with Gasteiger partial charge in [0.1, 0.15) is 0 Å². The molecule has 0 atom stereocenters. The third kappa shape index (κ3) is 1.73. The van der Waals surface area contributed by atoms with Gasteiger partial charge in [-0.25, -0.2) is 8.78 Å². The Morgan fingerprint density at radius 3 is 2.50 bits per heavy atom. The van der Waals surface area contributed by atoms with Gasteiger partial charge in [-0.05, 0) is 11.6 Å². The highest BCUT2D eigenvalue weighted by atomic mass is 35.5. The van der Waals surface area contributed by atoms with E-state index in [9.17, 15) is 8.78 Å². The lowest BCUT2D eigenvalue weighted by Gasteiger charge is -2.07. The molecule has 1 aromatic carbocycles. The molecule has 1 rings (SSSR count). The fraction of sp³-hybridized carbons (Fsp3) is 0.250. The van der Waals surface area contributed by atoms with Crippen molar-refractivity contribution in [1.82, 2.24) is 0 Å². The first-order chi connectivity index (χ1) is 5.66. The summed E-state index contributed by atoms with van der Waals surface area (Å²) in [4.78, 5) is 0. The Balaban J connectivity index is 3.18. The molecule has 0 radical (unpaired) electrons. The second kappa shape index (κ2) is 3.83. The minimum atomic E-state index is -2.51. The predicted molar refractivity (Wildman–Crippen MR) is 44.3 cm³/mol. The standard InChI is InChI=1S/C8H8ClF2N/c9-7-3-1-2-5(8(10)11)6(7)4-12/h1-3,8H,4,12H2. The molecule has 12 heavy (non-hydrogen) atoms. The lowest BCUT2D eigenvalue weighted by atomic mass is 10.1. The number of alkyl halides is 2. The first-order valence-electron chi connectivity index (χ1n) is 3.42. The van der Waals surface area contributed by atoms with Gasteiger partial charge in [-0.2, -0.15) is 0 Å². The maximum Gasteiger partial charge on any atom is 0.264 e. The van der Waals surface area contributed by atoms with Crippen LogP contribution in [-0.2, 0) is 6.54 Å². The van der Waals surface area contributed by atoms with Crippen molar-refractivity contribution in [2.75, 3.05) is 0 Å². The van der Waals surface area contributed by atoms with Crippen molar-refractivity contribution in [1.29, 1.82) is 0 Å². The van der Waals surface area contributed by atoms with Crippen molar-refractivity contribution in [3.63, 3.8) is 0 Å². The number of rotatable bonds is 2. The molecule has 0 aromatic heterocycles. The van der Waals surface area contributed by atoms with Crippen molar-refractivity contribution in [2.45, 2.75) is 13.0 Å². The normalized spacial score (nSPS) is 10.8. The van der Waals surface area contributed by atoms with Crippen LogP contribution in [0, 0.1) is 0 Å². The summed E-state index contributed by atoms with van der Waals surface area (Å²) in [5.41, 5.74) is 5.52. The average Bonchev–Trinajstić information content (AvgIpc) is 2.03. The van der Waals surface area contributed by atoms with Gasteiger partial charge in [0.25, 0.3) is 6.43 Å². The zero-order chi connectivity index (χ0) is 9.14. The van der Waals surface area contributed by atoms with Crippen LogP contribution in [0.4, 0.5) is 8.78 Å². The molecule has 0 saturated carbocycles. The Morgan fingerprint density at radius 1 is 1.42 bits per heavy atom.